The smallest absolute Gasteiger partial charge is 0.191 e. The molecule has 1 nitrogen and oxygen atoms in total. The molecule has 0 aliphatic heterocycles. The predicted octanol–water partition coefficient (Wildman–Crippen LogP) is 5.52. The number of carbonyl (C=O) groups excluding carboxylic acids is 1. The van der Waals surface area contributed by atoms with Gasteiger partial charge in [-0.1, -0.05) is 42.1 Å². The van der Waals surface area contributed by atoms with Gasteiger partial charge in [0.25, 0.3) is 0 Å². The van der Waals surface area contributed by atoms with Crippen molar-refractivity contribution in [1.29, 1.82) is 0 Å². The maximum Gasteiger partial charge on any atom is 0.191 e. The van der Waals surface area contributed by atoms with Crippen LogP contribution in [0, 0.1) is 0 Å². The van der Waals surface area contributed by atoms with Gasteiger partial charge < -0.3 is 0 Å². The van der Waals surface area contributed by atoms with E-state index in [1.807, 2.05) is 0 Å². The Balaban J connectivity index is 2.20. The lowest BCUT2D eigenvalue weighted by molar-refractivity contribution is 0.103. The highest BCUT2D eigenvalue weighted by atomic mass is 35.5. The quantitative estimate of drug-likeness (QED) is 0.655. The van der Waals surface area contributed by atoms with Gasteiger partial charge in [0.1, 0.15) is 4.34 Å². The van der Waals surface area contributed by atoms with Gasteiger partial charge in [0.05, 0.1) is 9.90 Å². The summed E-state index contributed by atoms with van der Waals surface area (Å²) in [5.74, 6) is 0.0556. The molecule has 1 heterocycles. The fourth-order valence-corrected chi connectivity index (χ4v) is 3.52. The minimum absolute atomic E-state index is 0.0556. The van der Waals surface area contributed by atoms with Gasteiger partial charge in [-0.15, -0.1) is 11.3 Å². The van der Waals surface area contributed by atoms with Crippen LogP contribution < -0.4 is 0 Å². The van der Waals surface area contributed by atoms with Crippen molar-refractivity contribution in [3.05, 3.63) is 32.0 Å². The number of ketones is 1. The lowest BCUT2D eigenvalue weighted by Crippen LogP contribution is -2.04. The number of rotatable bonds is 2. The second-order valence-corrected chi connectivity index (χ2v) is 6.53. The second-order valence-electron chi connectivity index (χ2n) is 4.25. The SMILES string of the molecule is O=C(C1=CCCCCCC1)c1cc(Cl)sc1Cl. The molecule has 1 aliphatic carbocycles. The highest BCUT2D eigenvalue weighted by Gasteiger charge is 2.18. The van der Waals surface area contributed by atoms with E-state index in [0.29, 0.717) is 14.2 Å². The van der Waals surface area contributed by atoms with E-state index < -0.39 is 0 Å². The zero-order valence-electron chi connectivity index (χ0n) is 9.47. The normalized spacial score (nSPS) is 17.2. The van der Waals surface area contributed by atoms with Crippen molar-refractivity contribution in [2.24, 2.45) is 0 Å². The Morgan fingerprint density at radius 2 is 1.94 bits per heavy atom. The molecule has 0 amide bonds. The molecule has 0 saturated carbocycles. The van der Waals surface area contributed by atoms with Crippen LogP contribution in [0.1, 0.15) is 48.9 Å². The van der Waals surface area contributed by atoms with Gasteiger partial charge in [-0.05, 0) is 37.3 Å². The number of Topliss-reactive ketones (excluding diaryl/α,β-unsaturated/α-hetero) is 1. The van der Waals surface area contributed by atoms with Crippen LogP contribution in [0.25, 0.3) is 0 Å². The van der Waals surface area contributed by atoms with Crippen LogP contribution in [-0.4, -0.2) is 5.78 Å². The summed E-state index contributed by atoms with van der Waals surface area (Å²) in [6.07, 6.45) is 8.68. The van der Waals surface area contributed by atoms with Crippen LogP contribution >= 0.6 is 34.5 Å². The lowest BCUT2D eigenvalue weighted by atomic mass is 9.95. The molecule has 0 N–H and O–H groups in total. The van der Waals surface area contributed by atoms with Gasteiger partial charge in [-0.3, -0.25) is 4.79 Å². The standard InChI is InChI=1S/C13H14Cl2OS/c14-11-8-10(13(15)17-11)12(16)9-6-4-2-1-3-5-7-9/h6,8H,1-5,7H2. The van der Waals surface area contributed by atoms with Crippen molar-refractivity contribution < 1.29 is 4.79 Å². The maximum absolute atomic E-state index is 12.3. The number of carbonyl (C=O) groups is 1. The van der Waals surface area contributed by atoms with Gasteiger partial charge in [0, 0.05) is 0 Å². The summed E-state index contributed by atoms with van der Waals surface area (Å²) in [5, 5.41) is 0. The van der Waals surface area contributed by atoms with Gasteiger partial charge in [-0.2, -0.15) is 0 Å². The van der Waals surface area contributed by atoms with E-state index in [1.54, 1.807) is 6.07 Å². The Morgan fingerprint density at radius 3 is 2.65 bits per heavy atom. The summed E-state index contributed by atoms with van der Waals surface area (Å²) < 4.78 is 1.08. The summed E-state index contributed by atoms with van der Waals surface area (Å²) in [6.45, 7) is 0. The molecule has 0 saturated heterocycles. The van der Waals surface area contributed by atoms with E-state index in [1.165, 1.54) is 30.6 Å². The third kappa shape index (κ3) is 3.34. The predicted molar refractivity (Wildman–Crippen MR) is 74.5 cm³/mol. The molecule has 0 bridgehead atoms. The van der Waals surface area contributed by atoms with E-state index >= 15 is 0 Å². The van der Waals surface area contributed by atoms with Crippen LogP contribution in [0.4, 0.5) is 0 Å². The molecular weight excluding hydrogens is 275 g/mol. The molecule has 0 spiro atoms. The van der Waals surface area contributed by atoms with Crippen molar-refractivity contribution in [2.75, 3.05) is 0 Å². The monoisotopic (exact) mass is 288 g/mol. The highest BCUT2D eigenvalue weighted by molar-refractivity contribution is 7.20. The van der Waals surface area contributed by atoms with E-state index in [0.717, 1.165) is 24.8 Å². The average Bonchev–Trinajstić information content (AvgIpc) is 2.56. The zero-order valence-corrected chi connectivity index (χ0v) is 11.8. The minimum atomic E-state index is 0.0556. The van der Waals surface area contributed by atoms with Crippen LogP contribution in [0.5, 0.6) is 0 Å². The largest absolute Gasteiger partial charge is 0.289 e. The Labute approximate surface area is 115 Å². The molecule has 17 heavy (non-hydrogen) atoms. The first kappa shape index (κ1) is 13.1. The maximum atomic E-state index is 12.3. The third-order valence-electron chi connectivity index (χ3n) is 2.98. The summed E-state index contributed by atoms with van der Waals surface area (Å²) in [7, 11) is 0. The summed E-state index contributed by atoms with van der Waals surface area (Å²) >= 11 is 13.1. The number of hydrogen-bond donors (Lipinski definition) is 0. The molecule has 0 unspecified atom stereocenters. The molecule has 1 aromatic rings. The molecule has 4 heteroatoms. The number of halogens is 2. The Morgan fingerprint density at radius 1 is 1.18 bits per heavy atom. The van der Waals surface area contributed by atoms with E-state index in [2.05, 4.69) is 6.08 Å². The van der Waals surface area contributed by atoms with Crippen LogP contribution in [-0.2, 0) is 0 Å². The molecule has 0 fully saturated rings. The van der Waals surface area contributed by atoms with E-state index in [-0.39, 0.29) is 5.78 Å². The van der Waals surface area contributed by atoms with Gasteiger partial charge in [-0.25, -0.2) is 0 Å². The Bertz CT molecular complexity index is 448. The summed E-state index contributed by atoms with van der Waals surface area (Å²) in [6, 6.07) is 1.68. The van der Waals surface area contributed by atoms with Gasteiger partial charge >= 0.3 is 0 Å². The van der Waals surface area contributed by atoms with Crippen molar-refractivity contribution >= 4 is 40.3 Å². The first-order valence-electron chi connectivity index (χ1n) is 5.87. The fourth-order valence-electron chi connectivity index (χ4n) is 2.07. The summed E-state index contributed by atoms with van der Waals surface area (Å²) in [4.78, 5) is 12.3. The lowest BCUT2D eigenvalue weighted by Gasteiger charge is -2.09. The van der Waals surface area contributed by atoms with E-state index in [9.17, 15) is 4.79 Å². The molecule has 0 radical (unpaired) electrons. The Kier molecular flexibility index (Phi) is 4.66. The third-order valence-corrected chi connectivity index (χ3v) is 4.47. The molecule has 0 aromatic carbocycles. The van der Waals surface area contributed by atoms with Crippen molar-refractivity contribution in [1.82, 2.24) is 0 Å². The zero-order chi connectivity index (χ0) is 12.3. The second kappa shape index (κ2) is 6.03. The van der Waals surface area contributed by atoms with Crippen molar-refractivity contribution in [2.45, 2.75) is 38.5 Å². The number of thiophene rings is 1. The fraction of sp³-hybridized carbons (Fsp3) is 0.462. The Hall–Kier alpha value is -0.310. The number of hydrogen-bond acceptors (Lipinski definition) is 2. The van der Waals surface area contributed by atoms with Crippen molar-refractivity contribution in [3.8, 4) is 0 Å². The van der Waals surface area contributed by atoms with Crippen molar-refractivity contribution in [3.63, 3.8) is 0 Å². The molecule has 92 valence electrons. The minimum Gasteiger partial charge on any atom is -0.289 e. The first-order valence-corrected chi connectivity index (χ1v) is 7.44. The first-order chi connectivity index (χ1) is 8.18. The topological polar surface area (TPSA) is 17.1 Å². The highest BCUT2D eigenvalue weighted by Crippen LogP contribution is 2.33. The summed E-state index contributed by atoms with van der Waals surface area (Å²) in [5.41, 5.74) is 1.47. The number of allylic oxidation sites excluding steroid dienone is 2. The van der Waals surface area contributed by atoms with E-state index in [4.69, 9.17) is 23.2 Å². The van der Waals surface area contributed by atoms with Crippen LogP contribution in [0.3, 0.4) is 0 Å². The van der Waals surface area contributed by atoms with Crippen LogP contribution in [0.15, 0.2) is 17.7 Å². The van der Waals surface area contributed by atoms with Gasteiger partial charge in [0.15, 0.2) is 5.78 Å². The molecule has 1 aromatic heterocycles. The average molecular weight is 289 g/mol. The molecular formula is C13H14Cl2OS. The van der Waals surface area contributed by atoms with Gasteiger partial charge in [0.2, 0.25) is 0 Å². The van der Waals surface area contributed by atoms with Crippen LogP contribution in [0.2, 0.25) is 8.67 Å². The molecule has 1 aliphatic rings. The molecule has 2 rings (SSSR count). The molecule has 0 atom stereocenters.